The van der Waals surface area contributed by atoms with Crippen LogP contribution in [0.25, 0.3) is 5.57 Å². The third kappa shape index (κ3) is 3.59. The Bertz CT molecular complexity index is 727. The molecule has 0 saturated heterocycles. The number of allylic oxidation sites excluding steroid dienone is 1. The molecule has 0 aromatic heterocycles. The number of aliphatic imine (C=N–C) groups is 1. The van der Waals surface area contributed by atoms with Gasteiger partial charge < -0.3 is 16.2 Å². The number of nitrogens with zero attached hydrogens (tertiary/aromatic N) is 1. The minimum absolute atomic E-state index is 0.0991. The third-order valence-electron chi connectivity index (χ3n) is 5.38. The number of benzene rings is 1. The lowest BCUT2D eigenvalue weighted by molar-refractivity contribution is 0.243. The molecule has 2 aliphatic carbocycles. The fraction of sp³-hybridized carbons (Fsp3) is 0.571. The number of nitrogen functional groups attached to an aromatic ring is 1. The van der Waals surface area contributed by atoms with Crippen LogP contribution < -0.4 is 16.2 Å². The highest BCUT2D eigenvalue weighted by molar-refractivity contribution is 5.99. The molecule has 2 saturated carbocycles. The Kier molecular flexibility index (Phi) is 4.32. The second-order valence-electron chi connectivity index (χ2n) is 8.01. The summed E-state index contributed by atoms with van der Waals surface area (Å²) in [7, 11) is 0. The fourth-order valence-corrected chi connectivity index (χ4v) is 3.73. The zero-order valence-electron chi connectivity index (χ0n) is 15.3. The molecule has 1 aromatic rings. The van der Waals surface area contributed by atoms with Gasteiger partial charge in [0.15, 0.2) is 0 Å². The standard InChI is InChI=1S/C21H29N3O/c1-12(2)25-21-10-17(16(11-22)7-18(21)23)15-8-19(13-3-4-13)24-20(9-15)14-5-6-14/h7-8,10,12-14,19H,3-6,9,11,22-23H2,1-2H3. The summed E-state index contributed by atoms with van der Waals surface area (Å²) in [5.41, 5.74) is 18.0. The maximum Gasteiger partial charge on any atom is 0.143 e. The number of nitrogens with two attached hydrogens (primary N) is 2. The molecule has 4 nitrogen and oxygen atoms in total. The van der Waals surface area contributed by atoms with Crippen LogP contribution in [0.5, 0.6) is 5.75 Å². The number of hydrogen-bond acceptors (Lipinski definition) is 4. The lowest BCUT2D eigenvalue weighted by atomic mass is 9.89. The van der Waals surface area contributed by atoms with Gasteiger partial charge in [0.2, 0.25) is 0 Å². The molecule has 1 atom stereocenters. The molecule has 4 rings (SSSR count). The fourth-order valence-electron chi connectivity index (χ4n) is 3.73. The summed E-state index contributed by atoms with van der Waals surface area (Å²) in [6, 6.07) is 4.45. The molecule has 1 aromatic carbocycles. The summed E-state index contributed by atoms with van der Waals surface area (Å²) < 4.78 is 5.93. The molecule has 1 unspecified atom stereocenters. The third-order valence-corrected chi connectivity index (χ3v) is 5.38. The van der Waals surface area contributed by atoms with Crippen LogP contribution in [0.3, 0.4) is 0 Å². The van der Waals surface area contributed by atoms with E-state index in [4.69, 9.17) is 21.2 Å². The summed E-state index contributed by atoms with van der Waals surface area (Å²) >= 11 is 0. The minimum atomic E-state index is 0.0991. The van der Waals surface area contributed by atoms with Crippen molar-refractivity contribution >= 4 is 17.0 Å². The van der Waals surface area contributed by atoms with E-state index in [2.05, 4.69) is 12.1 Å². The highest BCUT2D eigenvalue weighted by atomic mass is 16.5. The van der Waals surface area contributed by atoms with E-state index in [-0.39, 0.29) is 6.10 Å². The number of hydrogen-bond donors (Lipinski definition) is 2. The zero-order chi connectivity index (χ0) is 17.6. The average Bonchev–Trinajstić information content (AvgIpc) is 3.48. The van der Waals surface area contributed by atoms with Crippen molar-refractivity contribution in [1.82, 2.24) is 0 Å². The van der Waals surface area contributed by atoms with Crippen LogP contribution in [0.1, 0.15) is 57.1 Å². The van der Waals surface area contributed by atoms with E-state index in [1.165, 1.54) is 42.5 Å². The van der Waals surface area contributed by atoms with Gasteiger partial charge in [0.05, 0.1) is 17.8 Å². The monoisotopic (exact) mass is 339 g/mol. The first-order chi connectivity index (χ1) is 12.0. The summed E-state index contributed by atoms with van der Waals surface area (Å²) in [5, 5.41) is 0. The van der Waals surface area contributed by atoms with Crippen LogP contribution in [0, 0.1) is 11.8 Å². The Morgan fingerprint density at radius 2 is 1.96 bits per heavy atom. The Hall–Kier alpha value is -1.81. The summed E-state index contributed by atoms with van der Waals surface area (Å²) in [4.78, 5) is 5.08. The van der Waals surface area contributed by atoms with Crippen molar-refractivity contribution < 1.29 is 4.74 Å². The maximum atomic E-state index is 6.19. The molecule has 1 aliphatic heterocycles. The second-order valence-corrected chi connectivity index (χ2v) is 8.01. The largest absolute Gasteiger partial charge is 0.489 e. The number of anilines is 1. The minimum Gasteiger partial charge on any atom is -0.489 e. The van der Waals surface area contributed by atoms with E-state index >= 15 is 0 Å². The normalized spacial score (nSPS) is 23.4. The molecule has 0 radical (unpaired) electrons. The average molecular weight is 339 g/mol. The van der Waals surface area contributed by atoms with Crippen molar-refractivity contribution in [3.05, 3.63) is 29.3 Å². The molecule has 4 heteroatoms. The number of dihydropyridines is 1. The van der Waals surface area contributed by atoms with Crippen LogP contribution in [-0.4, -0.2) is 17.9 Å². The molecule has 0 amide bonds. The molecular weight excluding hydrogens is 310 g/mol. The Morgan fingerprint density at radius 1 is 1.20 bits per heavy atom. The first kappa shape index (κ1) is 16.6. The number of rotatable bonds is 6. The summed E-state index contributed by atoms with van der Waals surface area (Å²) in [5.74, 6) is 2.22. The van der Waals surface area contributed by atoms with Gasteiger partial charge in [-0.1, -0.05) is 6.08 Å². The van der Waals surface area contributed by atoms with E-state index in [0.29, 0.717) is 24.2 Å². The van der Waals surface area contributed by atoms with Crippen LogP contribution in [-0.2, 0) is 6.54 Å². The van der Waals surface area contributed by atoms with Gasteiger partial charge in [0, 0.05) is 18.7 Å². The SMILES string of the molecule is CC(C)Oc1cc(C2=CC(C3CC3)N=C(C3CC3)C2)c(CN)cc1N. The van der Waals surface area contributed by atoms with Crippen LogP contribution in [0.4, 0.5) is 5.69 Å². The van der Waals surface area contributed by atoms with Gasteiger partial charge >= 0.3 is 0 Å². The van der Waals surface area contributed by atoms with Gasteiger partial charge in [0.25, 0.3) is 0 Å². The van der Waals surface area contributed by atoms with E-state index in [1.807, 2.05) is 19.9 Å². The van der Waals surface area contributed by atoms with Gasteiger partial charge in [0.1, 0.15) is 5.75 Å². The first-order valence-corrected chi connectivity index (χ1v) is 9.62. The van der Waals surface area contributed by atoms with E-state index in [1.54, 1.807) is 0 Å². The molecule has 4 N–H and O–H groups in total. The maximum absolute atomic E-state index is 6.19. The molecule has 134 valence electrons. The van der Waals surface area contributed by atoms with Crippen LogP contribution in [0.2, 0.25) is 0 Å². The van der Waals surface area contributed by atoms with Crippen molar-refractivity contribution in [2.45, 2.75) is 64.6 Å². The van der Waals surface area contributed by atoms with Crippen LogP contribution >= 0.6 is 0 Å². The molecule has 0 spiro atoms. The zero-order valence-corrected chi connectivity index (χ0v) is 15.3. The summed E-state index contributed by atoms with van der Waals surface area (Å²) in [6.45, 7) is 4.54. The predicted octanol–water partition coefficient (Wildman–Crippen LogP) is 3.93. The lowest BCUT2D eigenvalue weighted by Crippen LogP contribution is -2.18. The molecule has 2 fully saturated rings. The highest BCUT2D eigenvalue weighted by Crippen LogP contribution is 2.44. The molecular formula is C21H29N3O. The highest BCUT2D eigenvalue weighted by Gasteiger charge is 2.36. The second kappa shape index (κ2) is 6.49. The summed E-state index contributed by atoms with van der Waals surface area (Å²) in [6.07, 6.45) is 8.65. The van der Waals surface area contributed by atoms with E-state index in [0.717, 1.165) is 23.7 Å². The molecule has 3 aliphatic rings. The Balaban J connectivity index is 1.71. The quantitative estimate of drug-likeness (QED) is 0.771. The molecule has 1 heterocycles. The Labute approximate surface area is 150 Å². The van der Waals surface area contributed by atoms with Crippen LogP contribution in [0.15, 0.2) is 23.2 Å². The molecule has 25 heavy (non-hydrogen) atoms. The van der Waals surface area contributed by atoms with Gasteiger partial charge in [-0.3, -0.25) is 4.99 Å². The lowest BCUT2D eigenvalue weighted by Gasteiger charge is -2.23. The van der Waals surface area contributed by atoms with Gasteiger partial charge in [-0.15, -0.1) is 0 Å². The van der Waals surface area contributed by atoms with E-state index < -0.39 is 0 Å². The van der Waals surface area contributed by atoms with Crippen molar-refractivity contribution in [1.29, 1.82) is 0 Å². The first-order valence-electron chi connectivity index (χ1n) is 9.62. The van der Waals surface area contributed by atoms with Crippen molar-refractivity contribution in [3.63, 3.8) is 0 Å². The number of ether oxygens (including phenoxy) is 1. The topological polar surface area (TPSA) is 73.6 Å². The van der Waals surface area contributed by atoms with Crippen molar-refractivity contribution in [3.8, 4) is 5.75 Å². The molecule has 0 bridgehead atoms. The van der Waals surface area contributed by atoms with Crippen molar-refractivity contribution in [2.24, 2.45) is 22.6 Å². The van der Waals surface area contributed by atoms with Gasteiger partial charge in [-0.05, 0) is 80.2 Å². The van der Waals surface area contributed by atoms with Gasteiger partial charge in [-0.2, -0.15) is 0 Å². The van der Waals surface area contributed by atoms with Crippen molar-refractivity contribution in [2.75, 3.05) is 5.73 Å². The Morgan fingerprint density at radius 3 is 2.56 bits per heavy atom. The smallest absolute Gasteiger partial charge is 0.143 e. The van der Waals surface area contributed by atoms with E-state index in [9.17, 15) is 0 Å². The predicted molar refractivity (Wildman–Crippen MR) is 104 cm³/mol. The van der Waals surface area contributed by atoms with Gasteiger partial charge in [-0.25, -0.2) is 0 Å².